The van der Waals surface area contributed by atoms with Crippen molar-refractivity contribution in [1.82, 2.24) is 4.57 Å². The number of halogens is 3. The Kier molecular flexibility index (Phi) is 9.08. The van der Waals surface area contributed by atoms with Crippen molar-refractivity contribution in [3.05, 3.63) is 46.8 Å². The summed E-state index contributed by atoms with van der Waals surface area (Å²) in [7, 11) is 1.17. The monoisotopic (exact) mass is 539 g/mol. The van der Waals surface area contributed by atoms with Crippen molar-refractivity contribution in [1.29, 1.82) is 0 Å². The fraction of sp³-hybridized carbons (Fsp3) is 0.500. The molecule has 1 fully saturated rings. The molecule has 38 heavy (non-hydrogen) atoms. The van der Waals surface area contributed by atoms with E-state index in [0.29, 0.717) is 18.7 Å². The van der Waals surface area contributed by atoms with Crippen molar-refractivity contribution in [2.75, 3.05) is 37.0 Å². The molecule has 1 aliphatic rings. The lowest BCUT2D eigenvalue weighted by Crippen LogP contribution is -2.26. The number of amides is 1. The number of aliphatic hydroxyl groups is 1. The van der Waals surface area contributed by atoms with Crippen molar-refractivity contribution in [2.24, 2.45) is 0 Å². The van der Waals surface area contributed by atoms with Gasteiger partial charge in [0.1, 0.15) is 6.10 Å². The summed E-state index contributed by atoms with van der Waals surface area (Å²) < 4.78 is 54.3. The molecule has 1 aliphatic heterocycles. The molecule has 0 unspecified atom stereocenters. The zero-order valence-electron chi connectivity index (χ0n) is 21.7. The van der Waals surface area contributed by atoms with Crippen LogP contribution in [-0.2, 0) is 38.2 Å². The molecule has 1 amide bonds. The highest BCUT2D eigenvalue weighted by Gasteiger charge is 2.37. The second-order valence-corrected chi connectivity index (χ2v) is 9.38. The predicted octanol–water partition coefficient (Wildman–Crippen LogP) is 3.73. The number of ether oxygens (including phenoxy) is 2. The van der Waals surface area contributed by atoms with Gasteiger partial charge in [0.15, 0.2) is 0 Å². The Balaban J connectivity index is 2.05. The van der Waals surface area contributed by atoms with Gasteiger partial charge in [-0.1, -0.05) is 13.8 Å². The minimum atomic E-state index is -4.82. The van der Waals surface area contributed by atoms with E-state index in [4.69, 9.17) is 9.47 Å². The van der Waals surface area contributed by atoms with Gasteiger partial charge in [0, 0.05) is 44.0 Å². The highest BCUT2D eigenvalue weighted by Crippen LogP contribution is 2.41. The molecule has 208 valence electrons. The van der Waals surface area contributed by atoms with Gasteiger partial charge in [0.2, 0.25) is 0 Å². The Labute approximate surface area is 218 Å². The Hall–Kier alpha value is -3.54. The van der Waals surface area contributed by atoms with E-state index in [0.717, 1.165) is 12.1 Å². The number of carbonyl (C=O) groups is 3. The number of alkyl halides is 3. The van der Waals surface area contributed by atoms with E-state index >= 15 is 0 Å². The summed E-state index contributed by atoms with van der Waals surface area (Å²) in [5.74, 6) is -2.04. The fourth-order valence-electron chi connectivity index (χ4n) is 4.72. The number of aromatic nitrogens is 1. The van der Waals surface area contributed by atoms with E-state index in [1.165, 1.54) is 20.1 Å². The van der Waals surface area contributed by atoms with Crippen LogP contribution in [-0.4, -0.2) is 60.4 Å². The average Bonchev–Trinajstić information content (AvgIpc) is 3.45. The van der Waals surface area contributed by atoms with Gasteiger partial charge in [-0.2, -0.15) is 13.2 Å². The lowest BCUT2D eigenvalue weighted by molar-refractivity contribution is -0.145. The highest BCUT2D eigenvalue weighted by atomic mass is 19.4. The number of benzene rings is 1. The summed E-state index contributed by atoms with van der Waals surface area (Å²) in [4.78, 5) is 38.3. The lowest BCUT2D eigenvalue weighted by Gasteiger charge is -2.25. The number of hydrogen-bond acceptors (Lipinski definition) is 7. The lowest BCUT2D eigenvalue weighted by atomic mass is 10.0. The Morgan fingerprint density at radius 3 is 2.53 bits per heavy atom. The molecule has 0 aliphatic carbocycles. The van der Waals surface area contributed by atoms with Crippen LogP contribution in [0.25, 0.3) is 0 Å². The Bertz CT molecular complexity index is 1190. The van der Waals surface area contributed by atoms with Gasteiger partial charge in [-0.3, -0.25) is 14.4 Å². The predicted molar refractivity (Wildman–Crippen MR) is 133 cm³/mol. The zero-order valence-corrected chi connectivity index (χ0v) is 21.7. The number of nitrogens with zero attached hydrogens (tertiary/aromatic N) is 2. The molecule has 1 aromatic carbocycles. The van der Waals surface area contributed by atoms with Crippen LogP contribution in [0, 0.1) is 0 Å². The minimum Gasteiger partial charge on any atom is -0.469 e. The molecule has 2 aromatic rings. The molecule has 12 heteroatoms. The van der Waals surface area contributed by atoms with Crippen LogP contribution in [0.1, 0.15) is 60.3 Å². The third-order valence-corrected chi connectivity index (χ3v) is 6.29. The van der Waals surface area contributed by atoms with Crippen molar-refractivity contribution < 1.29 is 42.1 Å². The van der Waals surface area contributed by atoms with E-state index in [9.17, 15) is 32.7 Å². The van der Waals surface area contributed by atoms with Gasteiger partial charge in [-0.25, -0.2) is 0 Å². The van der Waals surface area contributed by atoms with Crippen LogP contribution in [0.15, 0.2) is 24.4 Å². The maximum atomic E-state index is 14.2. The standard InChI is InChI=1S/C26H32F3N3O6/c1-15(2)24-19(6-8-31(24)9-10-33)25(36)30-21-11-17(12-23(35)37-4)22(13-20(21)26(27,28)29)32-7-5-18(14-32)38-16(3)34/h6,8,11,13,15,18,33H,5,7,9-10,12,14H2,1-4H3,(H,30,36)/t18-/m1/s1. The van der Waals surface area contributed by atoms with Gasteiger partial charge < -0.3 is 29.4 Å². The summed E-state index contributed by atoms with van der Waals surface area (Å²) in [6, 6.07) is 3.55. The number of aliphatic hydroxyl groups excluding tert-OH is 1. The first-order chi connectivity index (χ1) is 17.8. The molecular weight excluding hydrogens is 507 g/mol. The number of hydrogen-bond donors (Lipinski definition) is 2. The smallest absolute Gasteiger partial charge is 0.418 e. The van der Waals surface area contributed by atoms with Gasteiger partial charge in [0.25, 0.3) is 5.91 Å². The summed E-state index contributed by atoms with van der Waals surface area (Å²) in [6.07, 6.45) is -3.63. The number of esters is 2. The van der Waals surface area contributed by atoms with Crippen LogP contribution in [0.3, 0.4) is 0 Å². The van der Waals surface area contributed by atoms with Crippen molar-refractivity contribution in [3.63, 3.8) is 0 Å². The molecule has 1 saturated heterocycles. The van der Waals surface area contributed by atoms with Crippen LogP contribution in [0.2, 0.25) is 0 Å². The molecule has 0 bridgehead atoms. The number of methoxy groups -OCH3 is 1. The van der Waals surface area contributed by atoms with Crippen LogP contribution in [0.4, 0.5) is 24.5 Å². The van der Waals surface area contributed by atoms with Crippen LogP contribution >= 0.6 is 0 Å². The first-order valence-electron chi connectivity index (χ1n) is 12.2. The second-order valence-electron chi connectivity index (χ2n) is 9.38. The normalized spacial score (nSPS) is 15.6. The number of nitrogens with one attached hydrogen (secondary N) is 1. The summed E-state index contributed by atoms with van der Waals surface area (Å²) in [5, 5.41) is 11.7. The second kappa shape index (κ2) is 11.9. The molecule has 0 saturated carbocycles. The topological polar surface area (TPSA) is 110 Å². The van der Waals surface area contributed by atoms with Crippen molar-refractivity contribution in [2.45, 2.75) is 58.4 Å². The zero-order chi connectivity index (χ0) is 28.2. The molecule has 1 aromatic heterocycles. The van der Waals surface area contributed by atoms with E-state index in [1.54, 1.807) is 15.7 Å². The molecule has 0 radical (unpaired) electrons. The number of anilines is 2. The Morgan fingerprint density at radius 1 is 1.24 bits per heavy atom. The van der Waals surface area contributed by atoms with E-state index in [-0.39, 0.29) is 48.8 Å². The quantitative estimate of drug-likeness (QED) is 0.468. The maximum Gasteiger partial charge on any atom is 0.418 e. The number of rotatable bonds is 9. The van der Waals surface area contributed by atoms with Crippen LogP contribution < -0.4 is 10.2 Å². The van der Waals surface area contributed by atoms with Gasteiger partial charge in [-0.05, 0) is 29.7 Å². The minimum absolute atomic E-state index is 0.142. The first-order valence-corrected chi connectivity index (χ1v) is 12.2. The SMILES string of the molecule is COC(=O)Cc1cc(NC(=O)c2ccn(CCO)c2C(C)C)c(C(F)(F)F)cc1N1CC[C@@H](OC(C)=O)C1. The van der Waals surface area contributed by atoms with Gasteiger partial charge in [-0.15, -0.1) is 0 Å². The van der Waals surface area contributed by atoms with Crippen LogP contribution in [0.5, 0.6) is 0 Å². The van der Waals surface area contributed by atoms with Gasteiger partial charge in [0.05, 0.1) is 43.5 Å². The van der Waals surface area contributed by atoms with E-state index in [2.05, 4.69) is 5.32 Å². The van der Waals surface area contributed by atoms with Crippen molar-refractivity contribution in [3.8, 4) is 0 Å². The van der Waals surface area contributed by atoms with Crippen molar-refractivity contribution >= 4 is 29.2 Å². The third kappa shape index (κ3) is 6.66. The van der Waals surface area contributed by atoms with E-state index in [1.807, 2.05) is 13.8 Å². The maximum absolute atomic E-state index is 14.2. The van der Waals surface area contributed by atoms with E-state index < -0.39 is 41.4 Å². The average molecular weight is 540 g/mol. The third-order valence-electron chi connectivity index (χ3n) is 6.29. The molecule has 1 atom stereocenters. The fourth-order valence-corrected chi connectivity index (χ4v) is 4.72. The molecule has 2 heterocycles. The Morgan fingerprint density at radius 2 is 1.95 bits per heavy atom. The highest BCUT2D eigenvalue weighted by molar-refractivity contribution is 6.06. The molecule has 0 spiro atoms. The molecule has 2 N–H and O–H groups in total. The summed E-state index contributed by atoms with van der Waals surface area (Å²) in [5.41, 5.74) is -0.441. The summed E-state index contributed by atoms with van der Waals surface area (Å²) in [6.45, 7) is 5.47. The summed E-state index contributed by atoms with van der Waals surface area (Å²) >= 11 is 0. The number of carbonyl (C=O) groups excluding carboxylic acids is 3. The first kappa shape index (κ1) is 29.0. The molecule has 3 rings (SSSR count). The largest absolute Gasteiger partial charge is 0.469 e. The molecule has 9 nitrogen and oxygen atoms in total. The molecular formula is C26H32F3N3O6. The van der Waals surface area contributed by atoms with Gasteiger partial charge >= 0.3 is 18.1 Å².